The van der Waals surface area contributed by atoms with Crippen molar-refractivity contribution in [3.63, 3.8) is 0 Å². The molecule has 4 heteroatoms. The highest BCUT2D eigenvalue weighted by Gasteiger charge is 2.22. The predicted octanol–water partition coefficient (Wildman–Crippen LogP) is 7.88. The maximum absolute atomic E-state index is 13.5. The molecule has 0 bridgehead atoms. The zero-order chi connectivity index (χ0) is 26.0. The van der Waals surface area contributed by atoms with Crippen LogP contribution in [0, 0.1) is 0 Å². The van der Waals surface area contributed by atoms with Gasteiger partial charge in [0, 0.05) is 36.1 Å². The Bertz CT molecular complexity index is 1250. The molecular weight excluding hydrogens is 468 g/mol. The highest BCUT2D eigenvalue weighted by atomic mass is 16.5. The summed E-state index contributed by atoms with van der Waals surface area (Å²) in [4.78, 5) is 17.8. The van der Waals surface area contributed by atoms with E-state index >= 15 is 0 Å². The molecular formula is C34H36N2O2. The molecule has 0 atom stereocenters. The fraction of sp³-hybridized carbons (Fsp3) is 0.265. The summed E-state index contributed by atoms with van der Waals surface area (Å²) in [6.45, 7) is 2.49. The van der Waals surface area contributed by atoms with Gasteiger partial charge in [0.05, 0.1) is 0 Å². The maximum Gasteiger partial charge on any atom is 0.262 e. The van der Waals surface area contributed by atoms with Gasteiger partial charge in [0.15, 0.2) is 0 Å². The van der Waals surface area contributed by atoms with Gasteiger partial charge in [-0.2, -0.15) is 0 Å². The third-order valence-electron chi connectivity index (χ3n) is 7.30. The number of rotatable bonds is 10. The highest BCUT2D eigenvalue weighted by molar-refractivity contribution is 6.10. The van der Waals surface area contributed by atoms with Gasteiger partial charge < -0.3 is 4.74 Å². The first-order valence-electron chi connectivity index (χ1n) is 13.7. The quantitative estimate of drug-likeness (QED) is 0.220. The van der Waals surface area contributed by atoms with E-state index in [0.717, 1.165) is 30.2 Å². The molecule has 0 spiro atoms. The van der Waals surface area contributed by atoms with E-state index in [2.05, 4.69) is 35.2 Å². The number of hydrogen-bond donors (Lipinski definition) is 0. The molecule has 4 aromatic rings. The normalized spacial score (nSPS) is 13.8. The molecule has 1 saturated carbocycles. The minimum Gasteiger partial charge on any atom is -0.492 e. The molecule has 0 saturated heterocycles. The Balaban J connectivity index is 1.26. The number of carbonyl (C=O) groups is 1. The smallest absolute Gasteiger partial charge is 0.262 e. The fourth-order valence-electron chi connectivity index (χ4n) is 5.30. The first-order valence-corrected chi connectivity index (χ1v) is 13.7. The van der Waals surface area contributed by atoms with E-state index in [1.165, 1.54) is 37.7 Å². The van der Waals surface area contributed by atoms with E-state index in [1.807, 2.05) is 84.9 Å². The molecule has 1 fully saturated rings. The second-order valence-corrected chi connectivity index (χ2v) is 9.93. The minimum atomic E-state index is -0.0606. The molecule has 1 aliphatic carbocycles. The second-order valence-electron chi connectivity index (χ2n) is 9.93. The molecule has 0 unspecified atom stereocenters. The summed E-state index contributed by atoms with van der Waals surface area (Å²) in [5, 5.41) is 0. The summed E-state index contributed by atoms with van der Waals surface area (Å²) < 4.78 is 6.21. The van der Waals surface area contributed by atoms with Crippen LogP contribution >= 0.6 is 0 Å². The van der Waals surface area contributed by atoms with Crippen LogP contribution in [0.25, 0.3) is 0 Å². The van der Waals surface area contributed by atoms with Crippen molar-refractivity contribution in [3.05, 3.63) is 126 Å². The number of para-hydroxylation sites is 1. The average Bonchev–Trinajstić information content (AvgIpc) is 2.99. The van der Waals surface area contributed by atoms with Crippen molar-refractivity contribution >= 4 is 17.3 Å². The zero-order valence-corrected chi connectivity index (χ0v) is 21.9. The van der Waals surface area contributed by atoms with Crippen LogP contribution in [-0.2, 0) is 6.54 Å². The molecule has 0 radical (unpaired) electrons. The van der Waals surface area contributed by atoms with Crippen LogP contribution in [-0.4, -0.2) is 30.0 Å². The Kier molecular flexibility index (Phi) is 8.85. The molecule has 4 nitrogen and oxygen atoms in total. The predicted molar refractivity (Wildman–Crippen MR) is 155 cm³/mol. The van der Waals surface area contributed by atoms with Gasteiger partial charge in [0.2, 0.25) is 0 Å². The summed E-state index contributed by atoms with van der Waals surface area (Å²) >= 11 is 0. The van der Waals surface area contributed by atoms with Crippen molar-refractivity contribution < 1.29 is 9.53 Å². The number of hydrogen-bond acceptors (Lipinski definition) is 3. The number of amides is 1. The van der Waals surface area contributed by atoms with Crippen LogP contribution in [0.5, 0.6) is 5.75 Å². The number of ether oxygens (including phenoxy) is 1. The van der Waals surface area contributed by atoms with Crippen LogP contribution in [0.3, 0.4) is 0 Å². The Hall–Kier alpha value is -3.89. The lowest BCUT2D eigenvalue weighted by atomic mass is 9.94. The molecule has 0 N–H and O–H groups in total. The molecule has 1 aliphatic rings. The van der Waals surface area contributed by atoms with Gasteiger partial charge >= 0.3 is 0 Å². The SMILES string of the molecule is O=C(c1ccccc1)N(c1ccccc1)c1ccc(OCCN(Cc2ccccc2)C2CCCCC2)cc1. The Morgan fingerprint density at radius 2 is 1.26 bits per heavy atom. The molecule has 0 heterocycles. The number of benzene rings is 4. The summed E-state index contributed by atoms with van der Waals surface area (Å²) in [5.74, 6) is 0.756. The van der Waals surface area contributed by atoms with Crippen LogP contribution in [0.2, 0.25) is 0 Å². The zero-order valence-electron chi connectivity index (χ0n) is 21.9. The van der Waals surface area contributed by atoms with E-state index in [-0.39, 0.29) is 5.91 Å². The third-order valence-corrected chi connectivity index (χ3v) is 7.30. The molecule has 0 aliphatic heterocycles. The summed E-state index contributed by atoms with van der Waals surface area (Å²) in [5.41, 5.74) is 3.65. The van der Waals surface area contributed by atoms with Crippen LogP contribution < -0.4 is 9.64 Å². The van der Waals surface area contributed by atoms with Gasteiger partial charge in [-0.05, 0) is 66.9 Å². The summed E-state index contributed by atoms with van der Waals surface area (Å²) in [7, 11) is 0. The monoisotopic (exact) mass is 504 g/mol. The first-order chi connectivity index (χ1) is 18.8. The van der Waals surface area contributed by atoms with Crippen molar-refractivity contribution in [1.29, 1.82) is 0 Å². The average molecular weight is 505 g/mol. The maximum atomic E-state index is 13.5. The fourth-order valence-corrected chi connectivity index (χ4v) is 5.30. The number of anilines is 2. The van der Waals surface area contributed by atoms with Crippen molar-refractivity contribution in [2.45, 2.75) is 44.7 Å². The van der Waals surface area contributed by atoms with Crippen LogP contribution in [0.4, 0.5) is 11.4 Å². The van der Waals surface area contributed by atoms with Gasteiger partial charge in [-0.1, -0.05) is 86.0 Å². The Labute approximate surface area is 226 Å². The standard InChI is InChI=1S/C34H36N2O2/c37-34(29-15-7-2-8-16-29)36(31-19-11-4-12-20-31)32-21-23-33(24-22-32)38-26-25-35(30-17-9-3-10-18-30)27-28-13-5-1-6-14-28/h1-2,4-8,11-16,19-24,30H,3,9-10,17-18,25-27H2. The molecule has 1 amide bonds. The van der Waals surface area contributed by atoms with Gasteiger partial charge in [-0.15, -0.1) is 0 Å². The largest absolute Gasteiger partial charge is 0.492 e. The van der Waals surface area contributed by atoms with Crippen molar-refractivity contribution in [1.82, 2.24) is 4.90 Å². The van der Waals surface area contributed by atoms with Gasteiger partial charge in [0.1, 0.15) is 12.4 Å². The highest BCUT2D eigenvalue weighted by Crippen LogP contribution is 2.29. The number of carbonyl (C=O) groups excluding carboxylic acids is 1. The molecule has 38 heavy (non-hydrogen) atoms. The van der Waals surface area contributed by atoms with Crippen molar-refractivity contribution in [3.8, 4) is 5.75 Å². The topological polar surface area (TPSA) is 32.8 Å². The number of nitrogens with zero attached hydrogens (tertiary/aromatic N) is 2. The third kappa shape index (κ3) is 6.70. The molecule has 0 aromatic heterocycles. The van der Waals surface area contributed by atoms with Crippen molar-refractivity contribution in [2.75, 3.05) is 18.1 Å². The van der Waals surface area contributed by atoms with E-state index in [4.69, 9.17) is 4.74 Å². The lowest BCUT2D eigenvalue weighted by Gasteiger charge is -2.34. The summed E-state index contributed by atoms with van der Waals surface area (Å²) in [6, 6.07) is 38.4. The van der Waals surface area contributed by atoms with E-state index in [9.17, 15) is 4.79 Å². The second kappa shape index (κ2) is 13.1. The van der Waals surface area contributed by atoms with E-state index in [0.29, 0.717) is 18.2 Å². The van der Waals surface area contributed by atoms with E-state index < -0.39 is 0 Å². The van der Waals surface area contributed by atoms with Gasteiger partial charge in [-0.25, -0.2) is 0 Å². The van der Waals surface area contributed by atoms with Crippen LogP contribution in [0.15, 0.2) is 115 Å². The Morgan fingerprint density at radius 1 is 0.684 bits per heavy atom. The minimum absolute atomic E-state index is 0.0606. The van der Waals surface area contributed by atoms with Crippen molar-refractivity contribution in [2.24, 2.45) is 0 Å². The lowest BCUT2D eigenvalue weighted by Crippen LogP contribution is -2.39. The molecule has 194 valence electrons. The van der Waals surface area contributed by atoms with Crippen LogP contribution in [0.1, 0.15) is 48.0 Å². The van der Waals surface area contributed by atoms with Gasteiger partial charge in [-0.3, -0.25) is 14.6 Å². The summed E-state index contributed by atoms with van der Waals surface area (Å²) in [6.07, 6.45) is 6.53. The Morgan fingerprint density at radius 3 is 1.92 bits per heavy atom. The first kappa shape index (κ1) is 25.7. The van der Waals surface area contributed by atoms with Gasteiger partial charge in [0.25, 0.3) is 5.91 Å². The molecule has 4 aromatic carbocycles. The lowest BCUT2D eigenvalue weighted by molar-refractivity contribution is 0.0999. The molecule has 5 rings (SSSR count). The van der Waals surface area contributed by atoms with E-state index in [1.54, 1.807) is 4.90 Å².